The molecule has 0 unspecified atom stereocenters. The zero-order valence-electron chi connectivity index (χ0n) is 17.4. The number of carbonyl (C=O) groups is 1. The number of benzene rings is 1. The molecule has 3 aromatic rings. The fraction of sp³-hybridized carbons (Fsp3) is 0.409. The minimum Gasteiger partial charge on any atom is -0.487 e. The van der Waals surface area contributed by atoms with Crippen LogP contribution < -0.4 is 10.1 Å². The molecule has 1 saturated heterocycles. The maximum absolute atomic E-state index is 13.2. The number of aryl methyl sites for hydroxylation is 2. The zero-order chi connectivity index (χ0) is 22.0. The third-order valence-corrected chi connectivity index (χ3v) is 6.56. The number of hydrogen-bond acceptors (Lipinski definition) is 8. The maximum atomic E-state index is 13.2. The van der Waals surface area contributed by atoms with Crippen molar-refractivity contribution in [3.8, 4) is 11.8 Å². The number of carbonyl (C=O) groups excluding carboxylic acids is 1. The first-order chi connectivity index (χ1) is 15.0. The topological polar surface area (TPSA) is 118 Å². The second-order valence-electron chi connectivity index (χ2n) is 7.64. The first kappa shape index (κ1) is 21.3. The van der Waals surface area contributed by atoms with Crippen LogP contribution in [0.2, 0.25) is 0 Å². The molecule has 2 N–H and O–H groups in total. The van der Waals surface area contributed by atoms with Crippen LogP contribution in [0.25, 0.3) is 11.0 Å². The number of thiazole rings is 1. The molecule has 162 valence electrons. The highest BCUT2D eigenvalue weighted by Crippen LogP contribution is 2.33. The Balaban J connectivity index is 1.67. The van der Waals surface area contributed by atoms with E-state index < -0.39 is 5.54 Å². The standard InChI is InChI=1S/C22H23N3O5S/c1-13-19(31-12-24-13)10-29-17-8-16-18(7-15(17)9-23)30-14(2)20(16)21(27)25-22(11-26)3-5-28-6-4-22/h7-8,12,26H,3-6,10-11H2,1-2H3,(H,25,27). The van der Waals surface area contributed by atoms with Crippen molar-refractivity contribution in [2.75, 3.05) is 19.8 Å². The summed E-state index contributed by atoms with van der Waals surface area (Å²) in [6.45, 7) is 4.68. The smallest absolute Gasteiger partial charge is 0.255 e. The van der Waals surface area contributed by atoms with Gasteiger partial charge in [0.25, 0.3) is 5.91 Å². The number of furan rings is 1. The Labute approximate surface area is 183 Å². The highest BCUT2D eigenvalue weighted by molar-refractivity contribution is 7.09. The molecule has 0 aliphatic carbocycles. The van der Waals surface area contributed by atoms with Gasteiger partial charge in [0.05, 0.1) is 39.4 Å². The Kier molecular flexibility index (Phi) is 5.96. The number of nitriles is 1. The van der Waals surface area contributed by atoms with Crippen LogP contribution in [-0.4, -0.2) is 41.4 Å². The average Bonchev–Trinajstić information content (AvgIpc) is 3.33. The lowest BCUT2D eigenvalue weighted by Gasteiger charge is -2.36. The molecule has 1 aliphatic rings. The van der Waals surface area contributed by atoms with Crippen LogP contribution in [0.15, 0.2) is 22.1 Å². The highest BCUT2D eigenvalue weighted by atomic mass is 32.1. The van der Waals surface area contributed by atoms with Crippen molar-refractivity contribution in [1.82, 2.24) is 10.3 Å². The van der Waals surface area contributed by atoms with Gasteiger partial charge in [-0.15, -0.1) is 11.3 Å². The first-order valence-corrected chi connectivity index (χ1v) is 10.8. The number of aromatic nitrogens is 1. The van der Waals surface area contributed by atoms with Crippen molar-refractivity contribution in [2.45, 2.75) is 38.8 Å². The molecule has 1 aromatic carbocycles. The summed E-state index contributed by atoms with van der Waals surface area (Å²) in [5.74, 6) is 0.480. The van der Waals surface area contributed by atoms with Gasteiger partial charge in [-0.25, -0.2) is 4.98 Å². The monoisotopic (exact) mass is 441 g/mol. The number of rotatable bonds is 6. The highest BCUT2D eigenvalue weighted by Gasteiger charge is 2.35. The fourth-order valence-corrected chi connectivity index (χ4v) is 4.42. The maximum Gasteiger partial charge on any atom is 0.255 e. The normalized spacial score (nSPS) is 15.5. The lowest BCUT2D eigenvalue weighted by Crippen LogP contribution is -2.54. The van der Waals surface area contributed by atoms with E-state index in [9.17, 15) is 15.2 Å². The molecule has 8 nitrogen and oxygen atoms in total. The molecule has 0 atom stereocenters. The minimum atomic E-state index is -0.721. The van der Waals surface area contributed by atoms with E-state index in [0.717, 1.165) is 10.6 Å². The van der Waals surface area contributed by atoms with E-state index in [1.807, 2.05) is 6.92 Å². The number of fused-ring (bicyclic) bond motifs is 1. The van der Waals surface area contributed by atoms with Crippen molar-refractivity contribution in [3.05, 3.63) is 45.1 Å². The van der Waals surface area contributed by atoms with Gasteiger partial charge in [0.1, 0.15) is 29.8 Å². The summed E-state index contributed by atoms with van der Waals surface area (Å²) in [4.78, 5) is 18.4. The van der Waals surface area contributed by atoms with Crippen molar-refractivity contribution < 1.29 is 23.8 Å². The van der Waals surface area contributed by atoms with Crippen LogP contribution in [-0.2, 0) is 11.3 Å². The van der Waals surface area contributed by atoms with Gasteiger partial charge in [-0.2, -0.15) is 5.26 Å². The summed E-state index contributed by atoms with van der Waals surface area (Å²) in [5.41, 5.74) is 3.04. The molecule has 9 heteroatoms. The number of nitrogens with one attached hydrogen (secondary N) is 1. The Hall–Kier alpha value is -2.93. The van der Waals surface area contributed by atoms with Crippen molar-refractivity contribution >= 4 is 28.2 Å². The van der Waals surface area contributed by atoms with Gasteiger partial charge in [0.2, 0.25) is 0 Å². The van der Waals surface area contributed by atoms with Crippen LogP contribution in [0.5, 0.6) is 5.75 Å². The number of hydrogen-bond donors (Lipinski definition) is 2. The van der Waals surface area contributed by atoms with Gasteiger partial charge >= 0.3 is 0 Å². The third kappa shape index (κ3) is 4.14. The minimum absolute atomic E-state index is 0.169. The van der Waals surface area contributed by atoms with E-state index in [-0.39, 0.29) is 19.1 Å². The van der Waals surface area contributed by atoms with E-state index in [2.05, 4.69) is 16.4 Å². The molecule has 2 aromatic heterocycles. The summed E-state index contributed by atoms with van der Waals surface area (Å²) < 4.78 is 17.1. The molecule has 3 heterocycles. The van der Waals surface area contributed by atoms with Gasteiger partial charge < -0.3 is 24.3 Å². The Morgan fingerprint density at radius 1 is 1.39 bits per heavy atom. The van der Waals surface area contributed by atoms with E-state index in [0.29, 0.717) is 59.7 Å². The molecule has 1 fully saturated rings. The molecule has 1 aliphatic heterocycles. The molecule has 0 spiro atoms. The van der Waals surface area contributed by atoms with Gasteiger partial charge in [0.15, 0.2) is 0 Å². The summed E-state index contributed by atoms with van der Waals surface area (Å²) >= 11 is 1.48. The van der Waals surface area contributed by atoms with Gasteiger partial charge in [-0.1, -0.05) is 0 Å². The molecule has 0 radical (unpaired) electrons. The molecular formula is C22H23N3O5S. The second kappa shape index (κ2) is 8.67. The first-order valence-electron chi connectivity index (χ1n) is 9.96. The number of ether oxygens (including phenoxy) is 2. The average molecular weight is 442 g/mol. The second-order valence-corrected chi connectivity index (χ2v) is 8.58. The van der Waals surface area contributed by atoms with E-state index in [1.165, 1.54) is 11.3 Å². The lowest BCUT2D eigenvalue weighted by molar-refractivity contribution is 0.0125. The van der Waals surface area contributed by atoms with E-state index >= 15 is 0 Å². The summed E-state index contributed by atoms with van der Waals surface area (Å²) in [6.07, 6.45) is 1.07. The molecular weight excluding hydrogens is 418 g/mol. The molecule has 1 amide bonds. The van der Waals surface area contributed by atoms with E-state index in [1.54, 1.807) is 24.6 Å². The lowest BCUT2D eigenvalue weighted by atomic mass is 9.90. The Morgan fingerprint density at radius 3 is 2.81 bits per heavy atom. The zero-order valence-corrected chi connectivity index (χ0v) is 18.2. The van der Waals surface area contributed by atoms with E-state index in [4.69, 9.17) is 13.9 Å². The van der Waals surface area contributed by atoms with Crippen LogP contribution >= 0.6 is 11.3 Å². The quantitative estimate of drug-likeness (QED) is 0.603. The van der Waals surface area contributed by atoms with Gasteiger partial charge in [0, 0.05) is 24.7 Å². The van der Waals surface area contributed by atoms with Crippen molar-refractivity contribution in [3.63, 3.8) is 0 Å². The third-order valence-electron chi connectivity index (χ3n) is 5.65. The van der Waals surface area contributed by atoms with Gasteiger partial charge in [-0.3, -0.25) is 4.79 Å². The fourth-order valence-electron chi connectivity index (χ4n) is 3.73. The van der Waals surface area contributed by atoms with Crippen LogP contribution in [0.4, 0.5) is 0 Å². The van der Waals surface area contributed by atoms with Crippen LogP contribution in [0.1, 0.15) is 45.1 Å². The molecule has 4 rings (SSSR count). The van der Waals surface area contributed by atoms with Crippen LogP contribution in [0.3, 0.4) is 0 Å². The molecule has 31 heavy (non-hydrogen) atoms. The predicted molar refractivity (Wildman–Crippen MR) is 114 cm³/mol. The Morgan fingerprint density at radius 2 is 2.16 bits per heavy atom. The summed E-state index contributed by atoms with van der Waals surface area (Å²) in [6, 6.07) is 5.39. The van der Waals surface area contributed by atoms with Crippen molar-refractivity contribution in [1.29, 1.82) is 5.26 Å². The SMILES string of the molecule is Cc1ncsc1COc1cc2c(C(=O)NC3(CO)CCOCC3)c(C)oc2cc1C#N. The number of aliphatic hydroxyl groups excluding tert-OH is 1. The predicted octanol–water partition coefficient (Wildman–Crippen LogP) is 3.23. The number of amides is 1. The molecule has 0 bridgehead atoms. The number of aliphatic hydroxyl groups is 1. The largest absolute Gasteiger partial charge is 0.487 e. The van der Waals surface area contributed by atoms with Gasteiger partial charge in [-0.05, 0) is 32.8 Å². The van der Waals surface area contributed by atoms with Crippen molar-refractivity contribution in [2.24, 2.45) is 0 Å². The number of nitrogens with zero attached hydrogens (tertiary/aromatic N) is 2. The summed E-state index contributed by atoms with van der Waals surface area (Å²) in [7, 11) is 0. The summed E-state index contributed by atoms with van der Waals surface area (Å²) in [5, 5.41) is 23.0. The Bertz CT molecular complexity index is 1150. The van der Waals surface area contributed by atoms with Crippen LogP contribution in [0, 0.1) is 25.2 Å². The molecule has 0 saturated carbocycles.